The lowest BCUT2D eigenvalue weighted by Crippen LogP contribution is -2.25. The van der Waals surface area contributed by atoms with Crippen LogP contribution in [0.2, 0.25) is 0 Å². The van der Waals surface area contributed by atoms with Gasteiger partial charge >= 0.3 is 0 Å². The summed E-state index contributed by atoms with van der Waals surface area (Å²) >= 11 is 0. The van der Waals surface area contributed by atoms with Crippen molar-refractivity contribution in [3.8, 4) is 22.7 Å². The van der Waals surface area contributed by atoms with Crippen LogP contribution in [-0.4, -0.2) is 22.8 Å². The van der Waals surface area contributed by atoms with E-state index in [9.17, 15) is 9.18 Å². The van der Waals surface area contributed by atoms with Crippen molar-refractivity contribution in [2.75, 3.05) is 7.11 Å². The Bertz CT molecular complexity index is 1200. The van der Waals surface area contributed by atoms with Gasteiger partial charge in [0.25, 0.3) is 5.91 Å². The molecule has 0 saturated carbocycles. The number of aromatic nitrogens is 2. The molecule has 1 heterocycles. The van der Waals surface area contributed by atoms with Gasteiger partial charge in [0, 0.05) is 12.1 Å². The Morgan fingerprint density at radius 2 is 1.77 bits per heavy atom. The van der Waals surface area contributed by atoms with Crippen LogP contribution in [0.3, 0.4) is 0 Å². The highest BCUT2D eigenvalue weighted by molar-refractivity contribution is 5.94. The number of hydrogen-bond donors (Lipinski definition) is 1. The molecule has 0 unspecified atom stereocenters. The first-order chi connectivity index (χ1) is 15.0. The zero-order chi connectivity index (χ0) is 21.8. The van der Waals surface area contributed by atoms with Crippen LogP contribution in [0.1, 0.15) is 21.6 Å². The van der Waals surface area contributed by atoms with E-state index in [4.69, 9.17) is 9.84 Å². The fourth-order valence-electron chi connectivity index (χ4n) is 3.22. The summed E-state index contributed by atoms with van der Waals surface area (Å²) in [6, 6.07) is 23.1. The van der Waals surface area contributed by atoms with Crippen molar-refractivity contribution in [1.29, 1.82) is 0 Å². The third-order valence-electron chi connectivity index (χ3n) is 4.95. The fraction of sp³-hybridized carbons (Fsp3) is 0.120. The van der Waals surface area contributed by atoms with E-state index >= 15 is 0 Å². The van der Waals surface area contributed by atoms with Gasteiger partial charge in [-0.15, -0.1) is 0 Å². The number of nitrogens with zero attached hydrogens (tertiary/aromatic N) is 2. The van der Waals surface area contributed by atoms with Gasteiger partial charge in [-0.2, -0.15) is 5.10 Å². The maximum atomic E-state index is 13.1. The van der Waals surface area contributed by atoms with Crippen LogP contribution in [0, 0.1) is 12.7 Å². The molecular weight excluding hydrogens is 393 g/mol. The molecule has 0 saturated heterocycles. The van der Waals surface area contributed by atoms with Gasteiger partial charge in [0.1, 0.15) is 17.3 Å². The predicted molar refractivity (Wildman–Crippen MR) is 118 cm³/mol. The smallest absolute Gasteiger partial charge is 0.270 e. The molecule has 0 radical (unpaired) electrons. The minimum Gasteiger partial charge on any atom is -0.497 e. The third kappa shape index (κ3) is 4.64. The molecule has 5 nitrogen and oxygen atoms in total. The monoisotopic (exact) mass is 415 g/mol. The molecule has 0 aliphatic heterocycles. The zero-order valence-electron chi connectivity index (χ0n) is 17.3. The highest BCUT2D eigenvalue weighted by Crippen LogP contribution is 2.25. The minimum atomic E-state index is -0.310. The molecule has 0 atom stereocenters. The van der Waals surface area contributed by atoms with Crippen LogP contribution >= 0.6 is 0 Å². The van der Waals surface area contributed by atoms with Crippen molar-refractivity contribution in [3.05, 3.63) is 102 Å². The average Bonchev–Trinajstić information content (AvgIpc) is 3.25. The van der Waals surface area contributed by atoms with E-state index in [1.807, 2.05) is 55.5 Å². The molecule has 0 aliphatic rings. The summed E-state index contributed by atoms with van der Waals surface area (Å²) in [5, 5.41) is 7.59. The van der Waals surface area contributed by atoms with Crippen molar-refractivity contribution in [2.45, 2.75) is 13.5 Å². The number of methoxy groups -OCH3 is 1. The first kappa shape index (κ1) is 20.3. The van der Waals surface area contributed by atoms with Gasteiger partial charge in [0.05, 0.1) is 18.5 Å². The Morgan fingerprint density at radius 1 is 1.03 bits per heavy atom. The molecule has 4 rings (SSSR count). The van der Waals surface area contributed by atoms with Gasteiger partial charge in [0.2, 0.25) is 0 Å². The number of aryl methyl sites for hydroxylation is 1. The number of carbonyl (C=O) groups excluding carboxylic acids is 1. The fourth-order valence-corrected chi connectivity index (χ4v) is 3.22. The second kappa shape index (κ2) is 8.83. The molecule has 0 spiro atoms. The number of ether oxygens (including phenoxy) is 1. The standard InChI is InChI=1S/C25H22FN3O2/c1-17-6-12-21(13-7-17)29-24(25(30)27-16-18-8-10-20(26)11-9-18)15-23(28-29)19-4-3-5-22(14-19)31-2/h3-15H,16H2,1-2H3,(H,27,30). The summed E-state index contributed by atoms with van der Waals surface area (Å²) in [5.74, 6) is 0.131. The van der Waals surface area contributed by atoms with Gasteiger partial charge < -0.3 is 10.1 Å². The van der Waals surface area contributed by atoms with Crippen molar-refractivity contribution in [2.24, 2.45) is 0 Å². The van der Waals surface area contributed by atoms with Crippen LogP contribution in [0.4, 0.5) is 4.39 Å². The maximum absolute atomic E-state index is 13.1. The van der Waals surface area contributed by atoms with E-state index in [0.29, 0.717) is 17.1 Å². The number of halogens is 1. The number of carbonyl (C=O) groups is 1. The summed E-state index contributed by atoms with van der Waals surface area (Å²) in [5.41, 5.74) is 4.62. The first-order valence-electron chi connectivity index (χ1n) is 9.87. The van der Waals surface area contributed by atoms with E-state index in [-0.39, 0.29) is 18.3 Å². The number of amides is 1. The van der Waals surface area contributed by atoms with Crippen LogP contribution in [0.5, 0.6) is 5.75 Å². The molecule has 0 bridgehead atoms. The van der Waals surface area contributed by atoms with Crippen molar-refractivity contribution in [3.63, 3.8) is 0 Å². The lowest BCUT2D eigenvalue weighted by atomic mass is 10.1. The second-order valence-corrected chi connectivity index (χ2v) is 7.20. The van der Waals surface area contributed by atoms with Crippen LogP contribution in [0.15, 0.2) is 78.9 Å². The number of benzene rings is 3. The summed E-state index contributed by atoms with van der Waals surface area (Å²) in [7, 11) is 1.61. The molecule has 31 heavy (non-hydrogen) atoms. The van der Waals surface area contributed by atoms with E-state index < -0.39 is 0 Å². The van der Waals surface area contributed by atoms with Gasteiger partial charge in [-0.05, 0) is 55.0 Å². The topological polar surface area (TPSA) is 56.1 Å². The third-order valence-corrected chi connectivity index (χ3v) is 4.95. The molecule has 1 N–H and O–H groups in total. The molecule has 1 aromatic heterocycles. The van der Waals surface area contributed by atoms with Gasteiger partial charge in [0.15, 0.2) is 0 Å². The summed E-state index contributed by atoms with van der Waals surface area (Å²) in [6.45, 7) is 2.29. The molecule has 0 fully saturated rings. The Kier molecular flexibility index (Phi) is 5.80. The van der Waals surface area contributed by atoms with E-state index in [2.05, 4.69) is 5.32 Å². The quantitative estimate of drug-likeness (QED) is 0.486. The van der Waals surface area contributed by atoms with Gasteiger partial charge in [-0.25, -0.2) is 9.07 Å². The number of rotatable bonds is 6. The molecule has 0 aliphatic carbocycles. The maximum Gasteiger partial charge on any atom is 0.270 e. The van der Waals surface area contributed by atoms with Gasteiger partial charge in [-0.3, -0.25) is 4.79 Å². The van der Waals surface area contributed by atoms with Crippen LogP contribution < -0.4 is 10.1 Å². The molecule has 1 amide bonds. The summed E-state index contributed by atoms with van der Waals surface area (Å²) < 4.78 is 20.1. The molecule has 156 valence electrons. The molecule has 4 aromatic rings. The van der Waals surface area contributed by atoms with Crippen molar-refractivity contribution >= 4 is 5.91 Å². The van der Waals surface area contributed by atoms with E-state index in [1.54, 1.807) is 30.0 Å². The predicted octanol–water partition coefficient (Wildman–Crippen LogP) is 4.93. The molecule has 6 heteroatoms. The Morgan fingerprint density at radius 3 is 2.48 bits per heavy atom. The number of nitrogens with one attached hydrogen (secondary N) is 1. The number of hydrogen-bond acceptors (Lipinski definition) is 3. The van der Waals surface area contributed by atoms with Crippen molar-refractivity contribution in [1.82, 2.24) is 15.1 Å². The van der Waals surface area contributed by atoms with Crippen LogP contribution in [-0.2, 0) is 6.54 Å². The van der Waals surface area contributed by atoms with E-state index in [1.165, 1.54) is 12.1 Å². The normalized spacial score (nSPS) is 10.7. The highest BCUT2D eigenvalue weighted by atomic mass is 19.1. The Hall–Kier alpha value is -3.93. The first-order valence-corrected chi connectivity index (χ1v) is 9.87. The summed E-state index contributed by atoms with van der Waals surface area (Å²) in [4.78, 5) is 13.0. The second-order valence-electron chi connectivity index (χ2n) is 7.20. The van der Waals surface area contributed by atoms with E-state index in [0.717, 1.165) is 22.4 Å². The Labute approximate surface area is 180 Å². The van der Waals surface area contributed by atoms with Crippen LogP contribution in [0.25, 0.3) is 16.9 Å². The zero-order valence-corrected chi connectivity index (χ0v) is 17.3. The van der Waals surface area contributed by atoms with Crippen molar-refractivity contribution < 1.29 is 13.9 Å². The van der Waals surface area contributed by atoms with Gasteiger partial charge in [-0.1, -0.05) is 42.0 Å². The lowest BCUT2D eigenvalue weighted by Gasteiger charge is -2.09. The highest BCUT2D eigenvalue weighted by Gasteiger charge is 2.18. The molecule has 3 aromatic carbocycles. The molecular formula is C25H22FN3O2. The minimum absolute atomic E-state index is 0.272. The lowest BCUT2D eigenvalue weighted by molar-refractivity contribution is 0.0943. The average molecular weight is 415 g/mol. The SMILES string of the molecule is COc1cccc(-c2cc(C(=O)NCc3ccc(F)cc3)n(-c3ccc(C)cc3)n2)c1. The summed E-state index contributed by atoms with van der Waals surface area (Å²) in [6.07, 6.45) is 0. The Balaban J connectivity index is 1.68. The largest absolute Gasteiger partial charge is 0.497 e.